The first-order valence-electron chi connectivity index (χ1n) is 0. The van der Waals surface area contributed by atoms with Crippen LogP contribution in [0.4, 0.5) is 0 Å². The third kappa shape index (κ3) is 157. The molecule has 0 aliphatic rings. The van der Waals surface area contributed by atoms with Crippen LogP contribution in [0.3, 0.4) is 0 Å². The Morgan fingerprint density at radius 2 is 0.375 bits per heavy atom. The van der Waals surface area contributed by atoms with E-state index in [9.17, 15) is 0 Å². The predicted octanol–water partition coefficient (Wildman–Crippen LogP) is -7.94. The van der Waals surface area contributed by atoms with Crippen LogP contribution in [0, 0.1) is 40.4 Å². The third-order valence-electron chi connectivity index (χ3n) is 0. The van der Waals surface area contributed by atoms with Gasteiger partial charge in [-0.05, 0) is 0 Å². The van der Waals surface area contributed by atoms with E-state index in [1.54, 1.807) is 0 Å². The second kappa shape index (κ2) is 238. The molecule has 0 fully saturated rings. The Morgan fingerprint density at radius 3 is 0.375 bits per heavy atom. The molecule has 0 unspecified atom stereocenters. The van der Waals surface area contributed by atoms with Gasteiger partial charge in [-0.2, -0.15) is 0 Å². The van der Waals surface area contributed by atoms with E-state index in [4.69, 9.17) is 0 Å². The van der Waals surface area contributed by atoms with Gasteiger partial charge in [-0.25, -0.2) is 0 Å². The Bertz CT molecular complexity index is 8.49. The van der Waals surface area contributed by atoms with Gasteiger partial charge in [0.05, 0.1) is 0 Å². The molecule has 0 heterocycles. The van der Waals surface area contributed by atoms with Crippen LogP contribution < -0.4 is 12.4 Å². The molecule has 0 rings (SSSR count). The minimum Gasteiger partial charge on any atom is -1.00 e. The third-order valence-corrected chi connectivity index (χ3v) is 0. The summed E-state index contributed by atoms with van der Waals surface area (Å²) >= 11 is 0. The van der Waals surface area contributed by atoms with Gasteiger partial charge in [0, 0.05) is 40.4 Å². The smallest absolute Gasteiger partial charge is 0 e. The van der Waals surface area contributed by atoms with E-state index < -0.39 is 0 Å². The van der Waals surface area contributed by atoms with Crippen LogP contribution in [0.5, 0.6) is 0 Å². The van der Waals surface area contributed by atoms with Crippen LogP contribution in [-0.2, 0) is 0 Å². The number of rotatable bonds is 0. The largest absolute Gasteiger partial charge is 1.00 e. The first kappa shape index (κ1) is 343. The fraction of sp³-hybridized carbons (Fsp3) is 0. The Labute approximate surface area is 85.0 Å². The van der Waals surface area contributed by atoms with Gasteiger partial charge in [-0.1, -0.05) is 0 Å². The molecule has 0 aliphatic heterocycles. The van der Waals surface area contributed by atoms with Gasteiger partial charge >= 0.3 is 0 Å². The summed E-state index contributed by atoms with van der Waals surface area (Å²) < 4.78 is 0. The summed E-state index contributed by atoms with van der Waals surface area (Å²) in [7, 11) is 0. The Balaban J connectivity index is 0. The fourth-order valence-electron chi connectivity index (χ4n) is 0. The molecule has 12 N–H and O–H groups in total. The molecular weight excluding hydrogens is 282 g/mol. The van der Waals surface area contributed by atoms with Gasteiger partial charge in [0.2, 0.25) is 0 Å². The van der Waals surface area contributed by atoms with Crippen molar-refractivity contribution < 1.29 is 85.7 Å². The van der Waals surface area contributed by atoms with Crippen LogP contribution in [0.1, 0.15) is 0 Å². The number of halogens is 1. The maximum absolute atomic E-state index is 0. The monoisotopic (exact) mass is 295 g/mol. The zero-order valence-electron chi connectivity index (χ0n) is 3.79. The average Bonchev–Trinajstić information content (AvgIpc) is 0. The second-order valence-electron chi connectivity index (χ2n) is 0. The van der Waals surface area contributed by atoms with Crippen molar-refractivity contribution in [2.45, 2.75) is 0 Å². The maximum Gasteiger partial charge on any atom is 0 e. The molecule has 8 heteroatoms. The summed E-state index contributed by atoms with van der Waals surface area (Å²) in [5, 5.41) is 0. The zero-order chi connectivity index (χ0) is 0. The first-order chi connectivity index (χ1) is 0. The van der Waals surface area contributed by atoms with E-state index in [0.717, 1.165) is 0 Å². The van der Waals surface area contributed by atoms with Crippen molar-refractivity contribution in [1.82, 2.24) is 0 Å². The minimum atomic E-state index is 0. The van der Waals surface area contributed by atoms with Crippen LogP contribution >= 0.6 is 0 Å². The van der Waals surface area contributed by atoms with Gasteiger partial charge in [-0.15, -0.1) is 0 Å². The second-order valence-corrected chi connectivity index (χ2v) is 0. The van der Waals surface area contributed by atoms with E-state index in [1.807, 2.05) is 0 Å². The van der Waals surface area contributed by atoms with Crippen molar-refractivity contribution in [2.24, 2.45) is 0 Å². The van der Waals surface area contributed by atoms with Gasteiger partial charge < -0.3 is 45.3 Å². The molecule has 0 bridgehead atoms. The van der Waals surface area contributed by atoms with Crippen molar-refractivity contribution in [1.29, 1.82) is 0 Å². The fourth-order valence-corrected chi connectivity index (χ4v) is 0. The van der Waals surface area contributed by atoms with Crippen molar-refractivity contribution in [3.8, 4) is 0 Å². The Kier molecular flexibility index (Phi) is 10200. The van der Waals surface area contributed by atoms with Crippen LogP contribution in [0.25, 0.3) is 0 Å². The molecule has 0 saturated heterocycles. The van der Waals surface area contributed by atoms with Gasteiger partial charge in [0.1, 0.15) is 0 Å². The zero-order valence-corrected chi connectivity index (χ0v) is 7.16. The summed E-state index contributed by atoms with van der Waals surface area (Å²) in [6.07, 6.45) is 0. The number of hydrogen-bond acceptors (Lipinski definition) is 0. The number of hydrogen-bond donors (Lipinski definition) is 0. The quantitative estimate of drug-likeness (QED) is 0.410. The molecule has 0 aromatic heterocycles. The summed E-state index contributed by atoms with van der Waals surface area (Å²) in [6.45, 7) is 0. The van der Waals surface area contributed by atoms with Crippen molar-refractivity contribution in [3.63, 3.8) is 0 Å². The SMILES string of the molecule is O.O.O.O.O.O.[Cl-].[Sm]. The predicted molar refractivity (Wildman–Crippen MR) is 21.7 cm³/mol. The molecule has 62 valence electrons. The van der Waals surface area contributed by atoms with Crippen LogP contribution in [0.2, 0.25) is 0 Å². The molecule has 8 heavy (non-hydrogen) atoms. The van der Waals surface area contributed by atoms with Crippen LogP contribution in [-0.4, -0.2) is 32.9 Å². The van der Waals surface area contributed by atoms with Crippen molar-refractivity contribution >= 4 is 0 Å². The maximum atomic E-state index is 0. The topological polar surface area (TPSA) is 189 Å². The minimum absolute atomic E-state index is 0. The summed E-state index contributed by atoms with van der Waals surface area (Å²) in [6, 6.07) is 0. The molecular formula is H12ClO6Sm-. The molecule has 0 atom stereocenters. The Hall–Kier alpha value is 1.39. The average molecular weight is 294 g/mol. The molecule has 6 nitrogen and oxygen atoms in total. The van der Waals surface area contributed by atoms with E-state index >= 15 is 0 Å². The summed E-state index contributed by atoms with van der Waals surface area (Å²) in [5.41, 5.74) is 0. The van der Waals surface area contributed by atoms with Gasteiger partial charge in [-0.3, -0.25) is 0 Å². The standard InChI is InChI=1S/ClH.6H2O.Sm/h1H;6*1H2;/p-1. The molecule has 0 radical (unpaired) electrons. The van der Waals surface area contributed by atoms with E-state index in [0.29, 0.717) is 0 Å². The molecule has 0 aromatic rings. The molecule has 0 amide bonds. The molecule has 0 aromatic carbocycles. The summed E-state index contributed by atoms with van der Waals surface area (Å²) in [5.74, 6) is 0. The normalized spacial score (nSPS) is 0. The molecule has 0 aliphatic carbocycles. The van der Waals surface area contributed by atoms with Crippen molar-refractivity contribution in [2.75, 3.05) is 0 Å². The Morgan fingerprint density at radius 1 is 0.375 bits per heavy atom. The van der Waals surface area contributed by atoms with E-state index in [1.165, 1.54) is 0 Å². The summed E-state index contributed by atoms with van der Waals surface area (Å²) in [4.78, 5) is 0. The van der Waals surface area contributed by atoms with E-state index in [2.05, 4.69) is 0 Å². The van der Waals surface area contributed by atoms with Crippen molar-refractivity contribution in [3.05, 3.63) is 0 Å². The van der Waals surface area contributed by atoms with Gasteiger partial charge in [0.15, 0.2) is 0 Å². The first-order valence-corrected chi connectivity index (χ1v) is 0. The van der Waals surface area contributed by atoms with E-state index in [-0.39, 0.29) is 85.7 Å². The molecule has 0 spiro atoms. The van der Waals surface area contributed by atoms with Gasteiger partial charge in [0.25, 0.3) is 0 Å². The molecule has 0 saturated carbocycles. The van der Waals surface area contributed by atoms with Crippen LogP contribution in [0.15, 0.2) is 0 Å².